The van der Waals surface area contributed by atoms with Crippen molar-refractivity contribution in [1.82, 2.24) is 4.98 Å². The average Bonchev–Trinajstić information content (AvgIpc) is 2.15. The van der Waals surface area contributed by atoms with Crippen LogP contribution in [0.15, 0.2) is 11.0 Å². The molecule has 0 radical (unpaired) electrons. The minimum atomic E-state index is -4.48. The Hall–Kier alpha value is -0.910. The summed E-state index contributed by atoms with van der Waals surface area (Å²) in [6.07, 6.45) is -4.48. The Kier molecular flexibility index (Phi) is 3.72. The molecule has 0 unspecified atom stereocenters. The van der Waals surface area contributed by atoms with E-state index in [-0.39, 0.29) is 10.8 Å². The van der Waals surface area contributed by atoms with E-state index in [1.54, 1.807) is 0 Å². The van der Waals surface area contributed by atoms with Crippen LogP contribution in [0.2, 0.25) is 0 Å². The molecule has 0 aliphatic heterocycles. The predicted octanol–water partition coefficient (Wildman–Crippen LogP) is 3.52. The Morgan fingerprint density at radius 3 is 2.31 bits per heavy atom. The van der Waals surface area contributed by atoms with E-state index in [4.69, 9.17) is 0 Å². The highest BCUT2D eigenvalue weighted by molar-refractivity contribution is 7.80. The Balaban J connectivity index is 3.38. The van der Waals surface area contributed by atoms with Crippen molar-refractivity contribution in [1.29, 1.82) is 0 Å². The second-order valence-electron chi connectivity index (χ2n) is 3.60. The third kappa shape index (κ3) is 2.61. The molecule has 0 N–H and O–H groups in total. The van der Waals surface area contributed by atoms with Crippen molar-refractivity contribution in [3.8, 4) is 5.88 Å². The lowest BCUT2D eigenvalue weighted by Gasteiger charge is -2.15. The number of pyridine rings is 1. The molecule has 0 aliphatic rings. The number of thiol groups is 1. The molecule has 1 heterocycles. The van der Waals surface area contributed by atoms with E-state index in [2.05, 4.69) is 22.3 Å². The monoisotopic (exact) mass is 251 g/mol. The third-order valence-corrected chi connectivity index (χ3v) is 2.40. The standard InChI is InChI=1S/C10H12F3NOS/c1-5(2)8-7(16)4-6(10(11,12)13)9(14-8)15-3/h4-5,16H,1-3H3. The minimum Gasteiger partial charge on any atom is -0.481 e. The highest BCUT2D eigenvalue weighted by Crippen LogP contribution is 2.38. The number of hydrogen-bond acceptors (Lipinski definition) is 3. The SMILES string of the molecule is COc1nc(C(C)C)c(S)cc1C(F)(F)F. The number of halogens is 3. The van der Waals surface area contributed by atoms with Crippen LogP contribution in [0.1, 0.15) is 31.0 Å². The summed E-state index contributed by atoms with van der Waals surface area (Å²) in [5.74, 6) is -0.419. The molecule has 0 spiro atoms. The number of nitrogens with zero attached hydrogens (tertiary/aromatic N) is 1. The van der Waals surface area contributed by atoms with Crippen molar-refractivity contribution in [3.63, 3.8) is 0 Å². The second kappa shape index (κ2) is 4.53. The van der Waals surface area contributed by atoms with Crippen molar-refractivity contribution in [2.24, 2.45) is 0 Å². The summed E-state index contributed by atoms with van der Waals surface area (Å²) in [7, 11) is 1.17. The fraction of sp³-hybridized carbons (Fsp3) is 0.500. The number of alkyl halides is 3. The van der Waals surface area contributed by atoms with Gasteiger partial charge in [-0.15, -0.1) is 12.6 Å². The lowest BCUT2D eigenvalue weighted by molar-refractivity contribution is -0.139. The molecule has 0 aliphatic carbocycles. The first-order valence-corrected chi connectivity index (χ1v) is 5.07. The van der Waals surface area contributed by atoms with Crippen LogP contribution in [-0.4, -0.2) is 12.1 Å². The van der Waals surface area contributed by atoms with Gasteiger partial charge in [0.2, 0.25) is 5.88 Å². The molecule has 90 valence electrons. The first kappa shape index (κ1) is 13.2. The fourth-order valence-corrected chi connectivity index (χ4v) is 1.72. The quantitative estimate of drug-likeness (QED) is 0.812. The normalized spacial score (nSPS) is 12.0. The predicted molar refractivity (Wildman–Crippen MR) is 57.1 cm³/mol. The van der Waals surface area contributed by atoms with Crippen LogP contribution in [0.5, 0.6) is 5.88 Å². The van der Waals surface area contributed by atoms with Gasteiger partial charge in [-0.1, -0.05) is 13.8 Å². The Labute approximate surface area is 97.2 Å². The lowest BCUT2D eigenvalue weighted by atomic mass is 10.1. The zero-order chi connectivity index (χ0) is 12.5. The number of hydrogen-bond donors (Lipinski definition) is 1. The highest BCUT2D eigenvalue weighted by Gasteiger charge is 2.36. The van der Waals surface area contributed by atoms with E-state index < -0.39 is 17.6 Å². The second-order valence-corrected chi connectivity index (χ2v) is 4.08. The van der Waals surface area contributed by atoms with Gasteiger partial charge in [0.1, 0.15) is 5.56 Å². The Bertz CT molecular complexity index is 390. The molecule has 0 saturated carbocycles. The largest absolute Gasteiger partial charge is 0.481 e. The molecule has 2 nitrogen and oxygen atoms in total. The molecule has 1 aromatic rings. The Morgan fingerprint density at radius 1 is 1.38 bits per heavy atom. The van der Waals surface area contributed by atoms with Crippen LogP contribution < -0.4 is 4.74 Å². The van der Waals surface area contributed by atoms with Crippen molar-refractivity contribution < 1.29 is 17.9 Å². The highest BCUT2D eigenvalue weighted by atomic mass is 32.1. The van der Waals surface area contributed by atoms with E-state index in [0.717, 1.165) is 6.07 Å². The van der Waals surface area contributed by atoms with Crippen LogP contribution in [-0.2, 0) is 6.18 Å². The van der Waals surface area contributed by atoms with Crippen LogP contribution >= 0.6 is 12.6 Å². The van der Waals surface area contributed by atoms with Gasteiger partial charge in [-0.2, -0.15) is 13.2 Å². The molecule has 6 heteroatoms. The summed E-state index contributed by atoms with van der Waals surface area (Å²) in [5, 5.41) is 0. The molecule has 0 saturated heterocycles. The average molecular weight is 251 g/mol. The number of rotatable bonds is 2. The number of methoxy groups -OCH3 is 1. The number of aromatic nitrogens is 1. The summed E-state index contributed by atoms with van der Waals surface area (Å²) in [6, 6.07) is 0.949. The van der Waals surface area contributed by atoms with E-state index in [1.807, 2.05) is 13.8 Å². The van der Waals surface area contributed by atoms with Crippen LogP contribution in [0.3, 0.4) is 0 Å². The lowest BCUT2D eigenvalue weighted by Crippen LogP contribution is -2.11. The minimum absolute atomic E-state index is 0.0105. The van der Waals surface area contributed by atoms with Crippen molar-refractivity contribution in [3.05, 3.63) is 17.3 Å². The van der Waals surface area contributed by atoms with Gasteiger partial charge in [0, 0.05) is 4.90 Å². The zero-order valence-electron chi connectivity index (χ0n) is 9.09. The zero-order valence-corrected chi connectivity index (χ0v) is 9.99. The Morgan fingerprint density at radius 2 is 1.94 bits per heavy atom. The summed E-state index contributed by atoms with van der Waals surface area (Å²) in [6.45, 7) is 3.66. The van der Waals surface area contributed by atoms with E-state index >= 15 is 0 Å². The topological polar surface area (TPSA) is 22.1 Å². The van der Waals surface area contributed by atoms with Gasteiger partial charge < -0.3 is 4.74 Å². The van der Waals surface area contributed by atoms with Gasteiger partial charge in [-0.05, 0) is 12.0 Å². The van der Waals surface area contributed by atoms with Gasteiger partial charge in [0.05, 0.1) is 12.8 Å². The van der Waals surface area contributed by atoms with Crippen LogP contribution in [0.4, 0.5) is 13.2 Å². The first-order valence-electron chi connectivity index (χ1n) is 4.62. The molecule has 16 heavy (non-hydrogen) atoms. The van der Waals surface area contributed by atoms with Crippen molar-refractivity contribution in [2.75, 3.05) is 7.11 Å². The summed E-state index contributed by atoms with van der Waals surface area (Å²) < 4.78 is 42.4. The van der Waals surface area contributed by atoms with Crippen molar-refractivity contribution in [2.45, 2.75) is 30.8 Å². The molecule has 0 aromatic carbocycles. The molecule has 0 amide bonds. The fourth-order valence-electron chi connectivity index (χ4n) is 1.28. The summed E-state index contributed by atoms with van der Waals surface area (Å²) in [4.78, 5) is 4.06. The molecule has 1 aromatic heterocycles. The van der Waals surface area contributed by atoms with Gasteiger partial charge in [0.25, 0.3) is 0 Å². The van der Waals surface area contributed by atoms with Crippen LogP contribution in [0, 0.1) is 0 Å². The third-order valence-electron chi connectivity index (χ3n) is 2.04. The van der Waals surface area contributed by atoms with E-state index in [1.165, 1.54) is 7.11 Å². The smallest absolute Gasteiger partial charge is 0.421 e. The van der Waals surface area contributed by atoms with E-state index in [9.17, 15) is 13.2 Å². The summed E-state index contributed by atoms with van der Waals surface area (Å²) >= 11 is 4.01. The maximum absolute atomic E-state index is 12.6. The molecule has 0 bridgehead atoms. The molecular weight excluding hydrogens is 239 g/mol. The van der Waals surface area contributed by atoms with Crippen LogP contribution in [0.25, 0.3) is 0 Å². The first-order chi connectivity index (χ1) is 7.27. The summed E-state index contributed by atoms with van der Waals surface area (Å²) in [5.41, 5.74) is -0.405. The maximum Gasteiger partial charge on any atom is 0.421 e. The molecule has 0 fully saturated rings. The maximum atomic E-state index is 12.6. The van der Waals surface area contributed by atoms with E-state index in [0.29, 0.717) is 5.69 Å². The molecule has 0 atom stereocenters. The molecule has 1 rings (SSSR count). The molecular formula is C10H12F3NOS. The van der Waals surface area contributed by atoms with Gasteiger partial charge >= 0.3 is 6.18 Å². The van der Waals surface area contributed by atoms with Gasteiger partial charge in [0.15, 0.2) is 0 Å². The van der Waals surface area contributed by atoms with Gasteiger partial charge in [-0.25, -0.2) is 4.98 Å². The van der Waals surface area contributed by atoms with Gasteiger partial charge in [-0.3, -0.25) is 0 Å². The van der Waals surface area contributed by atoms with Crippen molar-refractivity contribution >= 4 is 12.6 Å². The number of ether oxygens (including phenoxy) is 1.